The van der Waals surface area contributed by atoms with Crippen molar-refractivity contribution in [2.24, 2.45) is 0 Å². The molecule has 3 aromatic rings. The van der Waals surface area contributed by atoms with Gasteiger partial charge in [0.15, 0.2) is 5.60 Å². The van der Waals surface area contributed by atoms with Crippen molar-refractivity contribution in [1.29, 1.82) is 0 Å². The number of esters is 1. The molecule has 1 aliphatic rings. The number of hydrogen-bond acceptors (Lipinski definition) is 4. The number of aromatic nitrogens is 2. The third kappa shape index (κ3) is 2.99. The number of hydrogen-bond donors (Lipinski definition) is 1. The van der Waals surface area contributed by atoms with Crippen molar-refractivity contribution in [2.75, 3.05) is 0 Å². The third-order valence-corrected chi connectivity index (χ3v) is 4.93. The lowest BCUT2D eigenvalue weighted by Gasteiger charge is -2.32. The minimum absolute atomic E-state index is 0.257. The zero-order valence-electron chi connectivity index (χ0n) is 14.0. The van der Waals surface area contributed by atoms with E-state index in [1.165, 1.54) is 0 Å². The SMILES string of the molecule is CC1(C(=O)NCc2cn3cc(Br)ccc3n2)Cc2ccccc2C(=O)O1. The number of benzene rings is 1. The summed E-state index contributed by atoms with van der Waals surface area (Å²) in [5.41, 5.74) is 1.63. The molecular formula is C19H16BrN3O3. The molecule has 0 fully saturated rings. The van der Waals surface area contributed by atoms with Gasteiger partial charge in [-0.25, -0.2) is 9.78 Å². The Bertz CT molecular complexity index is 1030. The first-order valence-corrected chi connectivity index (χ1v) is 8.97. The van der Waals surface area contributed by atoms with Gasteiger partial charge in [0.05, 0.1) is 17.8 Å². The van der Waals surface area contributed by atoms with Gasteiger partial charge in [0, 0.05) is 23.3 Å². The molecule has 0 saturated heterocycles. The summed E-state index contributed by atoms with van der Waals surface area (Å²) in [6.45, 7) is 1.89. The Morgan fingerprint density at radius 2 is 2.12 bits per heavy atom. The Morgan fingerprint density at radius 1 is 1.31 bits per heavy atom. The van der Waals surface area contributed by atoms with Gasteiger partial charge in [0.25, 0.3) is 5.91 Å². The summed E-state index contributed by atoms with van der Waals surface area (Å²) in [4.78, 5) is 29.4. The Labute approximate surface area is 158 Å². The number of nitrogens with one attached hydrogen (secondary N) is 1. The van der Waals surface area contributed by atoms with Crippen LogP contribution in [0.15, 0.2) is 53.3 Å². The van der Waals surface area contributed by atoms with Crippen LogP contribution >= 0.6 is 15.9 Å². The lowest BCUT2D eigenvalue weighted by Crippen LogP contribution is -2.51. The van der Waals surface area contributed by atoms with E-state index in [1.54, 1.807) is 19.1 Å². The molecule has 1 amide bonds. The Morgan fingerprint density at radius 3 is 2.96 bits per heavy atom. The van der Waals surface area contributed by atoms with Crippen molar-refractivity contribution in [3.05, 3.63) is 70.1 Å². The van der Waals surface area contributed by atoms with Gasteiger partial charge in [-0.05, 0) is 46.6 Å². The van der Waals surface area contributed by atoms with Gasteiger partial charge in [-0.2, -0.15) is 0 Å². The molecule has 132 valence electrons. The second-order valence-corrected chi connectivity index (χ2v) is 7.40. The summed E-state index contributed by atoms with van der Waals surface area (Å²) < 4.78 is 8.26. The Balaban J connectivity index is 1.50. The summed E-state index contributed by atoms with van der Waals surface area (Å²) in [7, 11) is 0. The number of fused-ring (bicyclic) bond motifs is 2. The van der Waals surface area contributed by atoms with Crippen molar-refractivity contribution < 1.29 is 14.3 Å². The molecule has 1 N–H and O–H groups in total. The second-order valence-electron chi connectivity index (χ2n) is 6.48. The highest BCUT2D eigenvalue weighted by atomic mass is 79.9. The highest BCUT2D eigenvalue weighted by molar-refractivity contribution is 9.10. The van der Waals surface area contributed by atoms with E-state index in [9.17, 15) is 9.59 Å². The lowest BCUT2D eigenvalue weighted by molar-refractivity contribution is -0.140. The Kier molecular flexibility index (Phi) is 4.03. The van der Waals surface area contributed by atoms with Crippen LogP contribution in [0.5, 0.6) is 0 Å². The molecule has 1 aromatic carbocycles. The molecule has 1 unspecified atom stereocenters. The molecular weight excluding hydrogens is 398 g/mol. The number of carbonyl (C=O) groups is 2. The van der Waals surface area contributed by atoms with Crippen LogP contribution in [0, 0.1) is 0 Å². The van der Waals surface area contributed by atoms with Crippen molar-refractivity contribution in [2.45, 2.75) is 25.5 Å². The molecule has 26 heavy (non-hydrogen) atoms. The van der Waals surface area contributed by atoms with Crippen LogP contribution < -0.4 is 5.32 Å². The molecule has 0 radical (unpaired) electrons. The van der Waals surface area contributed by atoms with E-state index in [1.807, 2.05) is 41.1 Å². The number of cyclic esters (lactones) is 1. The van der Waals surface area contributed by atoms with Gasteiger partial charge in [-0.15, -0.1) is 0 Å². The van der Waals surface area contributed by atoms with Crippen molar-refractivity contribution in [1.82, 2.24) is 14.7 Å². The zero-order chi connectivity index (χ0) is 18.3. The van der Waals surface area contributed by atoms with E-state index < -0.39 is 11.6 Å². The molecule has 6 nitrogen and oxygen atoms in total. The quantitative estimate of drug-likeness (QED) is 0.670. The van der Waals surface area contributed by atoms with Crippen LogP contribution in [0.1, 0.15) is 28.5 Å². The van der Waals surface area contributed by atoms with Crippen LogP contribution in [0.25, 0.3) is 5.65 Å². The fraction of sp³-hybridized carbons (Fsp3) is 0.211. The normalized spacial score (nSPS) is 19.1. The summed E-state index contributed by atoms with van der Waals surface area (Å²) in [6.07, 6.45) is 4.10. The molecule has 3 heterocycles. The monoisotopic (exact) mass is 413 g/mol. The van der Waals surface area contributed by atoms with Crippen LogP contribution in [0.2, 0.25) is 0 Å². The maximum absolute atomic E-state index is 12.7. The molecule has 0 aliphatic carbocycles. The minimum Gasteiger partial charge on any atom is -0.445 e. The largest absolute Gasteiger partial charge is 0.445 e. The molecule has 0 bridgehead atoms. The highest BCUT2D eigenvalue weighted by Crippen LogP contribution is 2.28. The van der Waals surface area contributed by atoms with Crippen molar-refractivity contribution >= 4 is 33.5 Å². The van der Waals surface area contributed by atoms with E-state index in [2.05, 4.69) is 26.2 Å². The molecule has 0 saturated carbocycles. The summed E-state index contributed by atoms with van der Waals surface area (Å²) in [6, 6.07) is 11.0. The number of carbonyl (C=O) groups excluding carboxylic acids is 2. The number of ether oxygens (including phenoxy) is 1. The van der Waals surface area contributed by atoms with Gasteiger partial charge < -0.3 is 14.5 Å². The van der Waals surface area contributed by atoms with Crippen LogP contribution in [-0.4, -0.2) is 26.9 Å². The predicted octanol–water partition coefficient (Wildman–Crippen LogP) is 2.88. The van der Waals surface area contributed by atoms with Crippen LogP contribution in [0.3, 0.4) is 0 Å². The first-order valence-electron chi connectivity index (χ1n) is 8.17. The lowest BCUT2D eigenvalue weighted by atomic mass is 9.89. The molecule has 4 rings (SSSR count). The average Bonchev–Trinajstić information content (AvgIpc) is 3.01. The molecule has 0 spiro atoms. The Hall–Kier alpha value is -2.67. The molecule has 1 aliphatic heterocycles. The van der Waals surface area contributed by atoms with E-state index in [0.29, 0.717) is 12.0 Å². The van der Waals surface area contributed by atoms with Crippen molar-refractivity contribution in [3.8, 4) is 0 Å². The highest BCUT2D eigenvalue weighted by Gasteiger charge is 2.42. The number of rotatable bonds is 3. The standard InChI is InChI=1S/C19H16BrN3O3/c1-19(8-12-4-2-3-5-15(12)17(24)26-19)18(25)21-9-14-11-23-10-13(20)6-7-16(23)22-14/h2-7,10-11H,8-9H2,1H3,(H,21,25). The third-order valence-electron chi connectivity index (χ3n) is 4.46. The molecule has 1 atom stereocenters. The summed E-state index contributed by atoms with van der Waals surface area (Å²) >= 11 is 3.42. The first-order chi connectivity index (χ1) is 12.4. The van der Waals surface area contributed by atoms with E-state index in [4.69, 9.17) is 4.74 Å². The van der Waals surface area contributed by atoms with Gasteiger partial charge >= 0.3 is 5.97 Å². The molecule has 2 aromatic heterocycles. The van der Waals surface area contributed by atoms with Gasteiger partial charge in [0.2, 0.25) is 0 Å². The van der Waals surface area contributed by atoms with E-state index in [0.717, 1.165) is 21.4 Å². The molecule has 7 heteroatoms. The maximum Gasteiger partial charge on any atom is 0.339 e. The van der Waals surface area contributed by atoms with Gasteiger partial charge in [-0.3, -0.25) is 4.79 Å². The minimum atomic E-state index is -1.23. The second kappa shape index (κ2) is 6.25. The number of imidazole rings is 1. The predicted molar refractivity (Wildman–Crippen MR) is 98.7 cm³/mol. The fourth-order valence-corrected chi connectivity index (χ4v) is 3.47. The van der Waals surface area contributed by atoms with Crippen molar-refractivity contribution in [3.63, 3.8) is 0 Å². The van der Waals surface area contributed by atoms with Gasteiger partial charge in [0.1, 0.15) is 5.65 Å². The van der Waals surface area contributed by atoms with E-state index in [-0.39, 0.29) is 12.5 Å². The summed E-state index contributed by atoms with van der Waals surface area (Å²) in [5.74, 6) is -0.805. The fourth-order valence-electron chi connectivity index (χ4n) is 3.12. The topological polar surface area (TPSA) is 72.7 Å². The number of halogens is 1. The average molecular weight is 414 g/mol. The number of amides is 1. The van der Waals surface area contributed by atoms with Crippen LogP contribution in [0.4, 0.5) is 0 Å². The number of nitrogens with zero attached hydrogens (tertiary/aromatic N) is 2. The van der Waals surface area contributed by atoms with Crippen LogP contribution in [-0.2, 0) is 22.5 Å². The smallest absolute Gasteiger partial charge is 0.339 e. The first kappa shape index (κ1) is 16.8. The summed E-state index contributed by atoms with van der Waals surface area (Å²) in [5, 5.41) is 2.83. The van der Waals surface area contributed by atoms with Gasteiger partial charge in [-0.1, -0.05) is 18.2 Å². The zero-order valence-corrected chi connectivity index (χ0v) is 15.6. The maximum atomic E-state index is 12.7. The van der Waals surface area contributed by atoms with E-state index >= 15 is 0 Å². The number of pyridine rings is 1.